The van der Waals surface area contributed by atoms with E-state index < -0.39 is 11.9 Å². The van der Waals surface area contributed by atoms with Gasteiger partial charge in [-0.15, -0.1) is 0 Å². The van der Waals surface area contributed by atoms with Crippen LogP contribution in [0.3, 0.4) is 0 Å². The lowest BCUT2D eigenvalue weighted by Crippen LogP contribution is -2.00. The molecule has 2 rings (SSSR count). The Balaban J connectivity index is 2.50. The second kappa shape index (κ2) is 2.63. The number of esters is 1. The van der Waals surface area contributed by atoms with Crippen molar-refractivity contribution in [3.05, 3.63) is 17.7 Å². The summed E-state index contributed by atoms with van der Waals surface area (Å²) in [5.74, 6) is -1.44. The van der Waals surface area contributed by atoms with Gasteiger partial charge in [0.2, 0.25) is 5.90 Å². The fourth-order valence-corrected chi connectivity index (χ4v) is 1.16. The minimum Gasteiger partial charge on any atom is -0.480 e. The van der Waals surface area contributed by atoms with Gasteiger partial charge in [-0.1, -0.05) is 0 Å². The van der Waals surface area contributed by atoms with E-state index in [0.717, 1.165) is 0 Å². The predicted molar refractivity (Wildman–Crippen MR) is 46.6 cm³/mol. The molecule has 6 heteroatoms. The minimum absolute atomic E-state index is 0.00960. The lowest BCUT2D eigenvalue weighted by Gasteiger charge is -1.93. The Morgan fingerprint density at radius 3 is 2.64 bits per heavy atom. The molecule has 72 valence electrons. The average Bonchev–Trinajstić information content (AvgIpc) is 2.55. The average molecular weight is 194 g/mol. The molecule has 1 aromatic heterocycles. The zero-order valence-electron chi connectivity index (χ0n) is 6.90. The molecule has 4 N–H and O–H groups in total. The quantitative estimate of drug-likeness (QED) is 0.563. The number of rotatable bonds is 1. The number of aromatic hydroxyl groups is 1. The maximum Gasteiger partial charge on any atom is 0.345 e. The van der Waals surface area contributed by atoms with Crippen LogP contribution >= 0.6 is 0 Å². The summed E-state index contributed by atoms with van der Waals surface area (Å²) in [5.41, 5.74) is 5.46. The van der Waals surface area contributed by atoms with Crippen molar-refractivity contribution in [2.24, 2.45) is 0 Å². The topological polar surface area (TPSA) is 110 Å². The fraction of sp³-hybridized carbons (Fsp3) is 0. The summed E-state index contributed by atoms with van der Waals surface area (Å²) >= 11 is 0. The fourth-order valence-electron chi connectivity index (χ4n) is 1.16. The van der Waals surface area contributed by atoms with Gasteiger partial charge in [-0.05, 0) is 0 Å². The number of cyclic esters (lactones) is 1. The zero-order valence-corrected chi connectivity index (χ0v) is 6.90. The molecule has 0 spiro atoms. The van der Waals surface area contributed by atoms with Crippen LogP contribution in [0.4, 0.5) is 5.88 Å². The second-order valence-corrected chi connectivity index (χ2v) is 2.68. The second-order valence-electron chi connectivity index (χ2n) is 2.68. The standard InChI is InChI=1S/C8H6N2O4/c9-5-1-3(7(11)13-5)4-2-6(10)14-8(4)12/h1-2,9,12H,10H2. The number of nitrogen functional groups attached to an aromatic ring is 1. The number of ether oxygens (including phenoxy) is 1. The van der Waals surface area contributed by atoms with Crippen LogP contribution in [0.2, 0.25) is 0 Å². The number of furan rings is 1. The highest BCUT2D eigenvalue weighted by molar-refractivity contribution is 6.29. The Hall–Kier alpha value is -2.24. The molecule has 0 amide bonds. The normalized spacial score (nSPS) is 15.6. The van der Waals surface area contributed by atoms with Gasteiger partial charge in [0.25, 0.3) is 5.95 Å². The van der Waals surface area contributed by atoms with Crippen LogP contribution in [-0.4, -0.2) is 17.0 Å². The summed E-state index contributed by atoms with van der Waals surface area (Å²) in [6.45, 7) is 0. The van der Waals surface area contributed by atoms with E-state index in [1.54, 1.807) is 0 Å². The third-order valence-corrected chi connectivity index (χ3v) is 1.72. The summed E-state index contributed by atoms with van der Waals surface area (Å²) in [6, 6.07) is 1.29. The molecule has 6 nitrogen and oxygen atoms in total. The summed E-state index contributed by atoms with van der Waals surface area (Å²) in [6.07, 6.45) is 1.19. The van der Waals surface area contributed by atoms with Crippen LogP contribution < -0.4 is 5.73 Å². The molecule has 0 unspecified atom stereocenters. The largest absolute Gasteiger partial charge is 0.480 e. The molecular formula is C8H6N2O4. The lowest BCUT2D eigenvalue weighted by molar-refractivity contribution is -0.128. The van der Waals surface area contributed by atoms with Crippen LogP contribution in [0.1, 0.15) is 5.56 Å². The first-order chi connectivity index (χ1) is 6.58. The number of nitrogens with one attached hydrogen (secondary N) is 1. The summed E-state index contributed by atoms with van der Waals surface area (Å²) in [5, 5.41) is 16.3. The number of carbonyl (C=O) groups is 1. The third-order valence-electron chi connectivity index (χ3n) is 1.72. The molecule has 1 aromatic rings. The summed E-state index contributed by atoms with van der Waals surface area (Å²) < 4.78 is 9.08. The van der Waals surface area contributed by atoms with Crippen LogP contribution in [0, 0.1) is 5.41 Å². The highest BCUT2D eigenvalue weighted by atomic mass is 16.5. The van der Waals surface area contributed by atoms with E-state index in [4.69, 9.17) is 11.1 Å². The van der Waals surface area contributed by atoms with E-state index >= 15 is 0 Å². The number of carbonyl (C=O) groups excluding carboxylic acids is 1. The van der Waals surface area contributed by atoms with Crippen molar-refractivity contribution in [2.75, 3.05) is 5.73 Å². The van der Waals surface area contributed by atoms with E-state index in [1.807, 2.05) is 0 Å². The van der Waals surface area contributed by atoms with Crippen molar-refractivity contribution in [1.82, 2.24) is 0 Å². The monoisotopic (exact) mass is 194 g/mol. The summed E-state index contributed by atoms with van der Waals surface area (Å²) in [7, 11) is 0. The molecule has 0 saturated carbocycles. The highest BCUT2D eigenvalue weighted by Crippen LogP contribution is 2.32. The predicted octanol–water partition coefficient (Wildman–Crippen LogP) is 0.485. The maximum absolute atomic E-state index is 11.1. The van der Waals surface area contributed by atoms with E-state index in [-0.39, 0.29) is 22.9 Å². The molecule has 0 radical (unpaired) electrons. The van der Waals surface area contributed by atoms with E-state index in [0.29, 0.717) is 0 Å². The molecule has 0 bridgehead atoms. The van der Waals surface area contributed by atoms with Gasteiger partial charge in [0.1, 0.15) is 0 Å². The number of hydrogen-bond donors (Lipinski definition) is 3. The van der Waals surface area contributed by atoms with Crippen molar-refractivity contribution >= 4 is 23.3 Å². The first-order valence-corrected chi connectivity index (χ1v) is 3.69. The molecular weight excluding hydrogens is 188 g/mol. The van der Waals surface area contributed by atoms with E-state index in [1.165, 1.54) is 12.1 Å². The number of nitrogens with two attached hydrogens (primary N) is 1. The molecule has 0 aliphatic carbocycles. The maximum atomic E-state index is 11.1. The Morgan fingerprint density at radius 1 is 1.50 bits per heavy atom. The van der Waals surface area contributed by atoms with E-state index in [2.05, 4.69) is 9.15 Å². The molecule has 0 saturated heterocycles. The molecule has 2 heterocycles. The van der Waals surface area contributed by atoms with Crippen molar-refractivity contribution in [3.8, 4) is 5.95 Å². The van der Waals surface area contributed by atoms with Gasteiger partial charge < -0.3 is 20.0 Å². The van der Waals surface area contributed by atoms with Crippen molar-refractivity contribution < 1.29 is 19.1 Å². The molecule has 0 atom stereocenters. The lowest BCUT2D eigenvalue weighted by atomic mass is 10.1. The minimum atomic E-state index is -0.703. The zero-order chi connectivity index (χ0) is 10.3. The Labute approximate surface area is 78.1 Å². The third kappa shape index (κ3) is 1.13. The van der Waals surface area contributed by atoms with E-state index in [9.17, 15) is 9.90 Å². The number of hydrogen-bond acceptors (Lipinski definition) is 6. The molecule has 0 aromatic carbocycles. The van der Waals surface area contributed by atoms with Gasteiger partial charge in [0.15, 0.2) is 5.88 Å². The van der Waals surface area contributed by atoms with Gasteiger partial charge in [-0.3, -0.25) is 5.41 Å². The first kappa shape index (κ1) is 8.36. The number of anilines is 1. The molecule has 14 heavy (non-hydrogen) atoms. The van der Waals surface area contributed by atoms with Gasteiger partial charge in [0, 0.05) is 12.1 Å². The Morgan fingerprint density at radius 2 is 2.21 bits per heavy atom. The van der Waals surface area contributed by atoms with Crippen molar-refractivity contribution in [3.63, 3.8) is 0 Å². The SMILES string of the molecule is N=C1C=C(c2cc(N)oc2O)C(=O)O1. The summed E-state index contributed by atoms with van der Waals surface area (Å²) in [4.78, 5) is 11.1. The van der Waals surface area contributed by atoms with Gasteiger partial charge >= 0.3 is 5.97 Å². The van der Waals surface area contributed by atoms with Gasteiger partial charge in [0.05, 0.1) is 11.1 Å². The Bertz CT molecular complexity index is 458. The van der Waals surface area contributed by atoms with Crippen molar-refractivity contribution in [2.45, 2.75) is 0 Å². The van der Waals surface area contributed by atoms with Crippen LogP contribution in [0.25, 0.3) is 5.57 Å². The van der Waals surface area contributed by atoms with Crippen LogP contribution in [0.15, 0.2) is 16.6 Å². The first-order valence-electron chi connectivity index (χ1n) is 3.69. The van der Waals surface area contributed by atoms with Gasteiger partial charge in [-0.25, -0.2) is 4.79 Å². The van der Waals surface area contributed by atoms with Crippen LogP contribution in [-0.2, 0) is 9.53 Å². The molecule has 1 aliphatic heterocycles. The highest BCUT2D eigenvalue weighted by Gasteiger charge is 2.27. The Kier molecular flexibility index (Phi) is 1.57. The smallest absolute Gasteiger partial charge is 0.345 e. The van der Waals surface area contributed by atoms with Crippen molar-refractivity contribution in [1.29, 1.82) is 5.41 Å². The van der Waals surface area contributed by atoms with Crippen LogP contribution in [0.5, 0.6) is 5.95 Å². The van der Waals surface area contributed by atoms with Gasteiger partial charge in [-0.2, -0.15) is 0 Å². The molecule has 1 aliphatic rings. The molecule has 0 fully saturated rings.